The molecule has 60 heavy (non-hydrogen) atoms. The minimum atomic E-state index is -1.45. The lowest BCUT2D eigenvalue weighted by molar-refractivity contribution is -0.278. The normalized spacial score (nSPS) is 19.1. The Morgan fingerprint density at radius 1 is 0.600 bits per heavy atom. The summed E-state index contributed by atoms with van der Waals surface area (Å²) < 4.78 is 28.2. The van der Waals surface area contributed by atoms with E-state index >= 15 is 0 Å². The van der Waals surface area contributed by atoms with Crippen LogP contribution in [0.25, 0.3) is 0 Å². The maximum Gasteiger partial charge on any atom is 0.326 e. The lowest BCUT2D eigenvalue weighted by Crippen LogP contribution is -2.67. The fourth-order valence-electron chi connectivity index (χ4n) is 7.07. The quantitative estimate of drug-likeness (QED) is 0.0311. The molecule has 1 aliphatic heterocycles. The Morgan fingerprint density at radius 3 is 1.53 bits per heavy atom. The van der Waals surface area contributed by atoms with Gasteiger partial charge >= 0.3 is 23.9 Å². The van der Waals surface area contributed by atoms with E-state index < -0.39 is 85.5 Å². The Labute approximate surface area is 358 Å². The summed E-state index contributed by atoms with van der Waals surface area (Å²) in [5.41, 5.74) is 0. The number of carbonyl (C=O) groups excluding carboxylic acids is 6. The van der Waals surface area contributed by atoms with Crippen molar-refractivity contribution in [3.63, 3.8) is 0 Å². The molecule has 1 saturated heterocycles. The molecule has 3 amide bonds. The molecule has 0 spiro atoms. The van der Waals surface area contributed by atoms with Crippen LogP contribution in [0.3, 0.4) is 0 Å². The van der Waals surface area contributed by atoms with Gasteiger partial charge in [-0.3, -0.25) is 28.8 Å². The first kappa shape index (κ1) is 54.2. The van der Waals surface area contributed by atoms with Crippen LogP contribution >= 0.6 is 0 Å². The van der Waals surface area contributed by atoms with E-state index in [0.717, 1.165) is 59.3 Å². The van der Waals surface area contributed by atoms with Crippen molar-refractivity contribution in [3.8, 4) is 0 Å². The Morgan fingerprint density at radius 2 is 1.07 bits per heavy atom. The second kappa shape index (κ2) is 33.9. The average Bonchev–Trinajstić information content (AvgIpc) is 3.19. The van der Waals surface area contributed by atoms with Crippen LogP contribution in [0.1, 0.15) is 182 Å². The van der Waals surface area contributed by atoms with Crippen LogP contribution in [0.2, 0.25) is 0 Å². The van der Waals surface area contributed by atoms with Gasteiger partial charge in [0.05, 0.1) is 13.2 Å². The lowest BCUT2D eigenvalue weighted by Gasteiger charge is -2.45. The molecule has 0 aromatic rings. The fourth-order valence-corrected chi connectivity index (χ4v) is 7.07. The largest absolute Gasteiger partial charge is 0.480 e. The van der Waals surface area contributed by atoms with Crippen LogP contribution in [0.15, 0.2) is 0 Å². The number of carbonyl (C=O) groups is 7. The summed E-state index contributed by atoms with van der Waals surface area (Å²) in [4.78, 5) is 87.0. The number of carboxylic acids is 1. The van der Waals surface area contributed by atoms with E-state index in [9.17, 15) is 38.7 Å². The molecule has 0 radical (unpaired) electrons. The van der Waals surface area contributed by atoms with Gasteiger partial charge in [0.2, 0.25) is 17.7 Å². The SMILES string of the molecule is CCCCCCCCCCCCCC(=O)N[C@@H](CCO[C@@H]1O[C@H](COC(C)=O)[C@@H](OC(C)=O)[C@H](OC(C)=O)[C@H]1NC(=O)CNC(=O)CCCCCCCCCCC)C(=O)O. The summed E-state index contributed by atoms with van der Waals surface area (Å²) in [7, 11) is 0. The van der Waals surface area contributed by atoms with Gasteiger partial charge in [-0.15, -0.1) is 0 Å². The molecule has 6 atom stereocenters. The average molecular weight is 856 g/mol. The minimum absolute atomic E-state index is 0.177. The van der Waals surface area contributed by atoms with Crippen LogP contribution in [0.5, 0.6) is 0 Å². The Balaban J connectivity index is 2.90. The van der Waals surface area contributed by atoms with Gasteiger partial charge in [0, 0.05) is 40.0 Å². The van der Waals surface area contributed by atoms with Crippen LogP contribution in [0.4, 0.5) is 0 Å². The number of esters is 3. The van der Waals surface area contributed by atoms with Gasteiger partial charge in [0.15, 0.2) is 18.5 Å². The summed E-state index contributed by atoms with van der Waals surface area (Å²) in [5, 5.41) is 17.7. The van der Waals surface area contributed by atoms with E-state index in [0.29, 0.717) is 12.8 Å². The molecule has 1 aliphatic rings. The van der Waals surface area contributed by atoms with Crippen molar-refractivity contribution in [3.05, 3.63) is 0 Å². The van der Waals surface area contributed by atoms with Crippen molar-refractivity contribution in [2.24, 2.45) is 0 Å². The van der Waals surface area contributed by atoms with Crippen LogP contribution in [0, 0.1) is 0 Å². The molecule has 0 unspecified atom stereocenters. The van der Waals surface area contributed by atoms with Crippen molar-refractivity contribution in [1.29, 1.82) is 0 Å². The molecule has 4 N–H and O–H groups in total. The van der Waals surface area contributed by atoms with Crippen molar-refractivity contribution in [1.82, 2.24) is 16.0 Å². The van der Waals surface area contributed by atoms with Gasteiger partial charge in [-0.25, -0.2) is 4.79 Å². The zero-order valence-corrected chi connectivity index (χ0v) is 37.2. The van der Waals surface area contributed by atoms with Crippen molar-refractivity contribution >= 4 is 41.6 Å². The highest BCUT2D eigenvalue weighted by molar-refractivity contribution is 5.85. The predicted molar refractivity (Wildman–Crippen MR) is 224 cm³/mol. The smallest absolute Gasteiger partial charge is 0.326 e. The van der Waals surface area contributed by atoms with Crippen molar-refractivity contribution in [2.45, 2.75) is 219 Å². The number of carboxylic acid groups (broad SMARTS) is 1. The summed E-state index contributed by atoms with van der Waals surface area (Å²) >= 11 is 0. The molecular weight excluding hydrogens is 778 g/mol. The van der Waals surface area contributed by atoms with Crippen LogP contribution in [-0.4, -0.2) is 103 Å². The molecule has 346 valence electrons. The monoisotopic (exact) mass is 856 g/mol. The number of unbranched alkanes of at least 4 members (excludes halogenated alkanes) is 18. The molecule has 0 aromatic carbocycles. The minimum Gasteiger partial charge on any atom is -0.480 e. The predicted octanol–water partition coefficient (Wildman–Crippen LogP) is 6.34. The van der Waals surface area contributed by atoms with Crippen LogP contribution in [-0.2, 0) is 57.2 Å². The van der Waals surface area contributed by atoms with Gasteiger partial charge in [-0.1, -0.05) is 129 Å². The van der Waals surface area contributed by atoms with Gasteiger partial charge in [-0.2, -0.15) is 0 Å². The topological polar surface area (TPSA) is 222 Å². The third kappa shape index (κ3) is 26.4. The molecule has 0 bridgehead atoms. The van der Waals surface area contributed by atoms with E-state index in [4.69, 9.17) is 23.7 Å². The van der Waals surface area contributed by atoms with Gasteiger partial charge in [0.1, 0.15) is 24.8 Å². The number of amides is 3. The number of nitrogens with one attached hydrogen (secondary N) is 3. The van der Waals surface area contributed by atoms with E-state index in [-0.39, 0.29) is 31.8 Å². The Hall–Kier alpha value is -3.79. The molecule has 0 aromatic heterocycles. The van der Waals surface area contributed by atoms with Gasteiger partial charge < -0.3 is 44.7 Å². The first-order chi connectivity index (χ1) is 28.8. The zero-order valence-electron chi connectivity index (χ0n) is 37.2. The van der Waals surface area contributed by atoms with E-state index in [1.54, 1.807) is 0 Å². The summed E-state index contributed by atoms with van der Waals surface area (Å²) in [6.45, 7) is 6.57. The highest BCUT2D eigenvalue weighted by atomic mass is 16.7. The second-order valence-corrected chi connectivity index (χ2v) is 15.8. The lowest BCUT2D eigenvalue weighted by atomic mass is 9.96. The molecule has 0 aliphatic carbocycles. The fraction of sp³-hybridized carbons (Fsp3) is 0.841. The molecule has 16 nitrogen and oxygen atoms in total. The maximum atomic E-state index is 13.3. The number of rotatable bonds is 35. The third-order valence-corrected chi connectivity index (χ3v) is 10.3. The molecule has 1 fully saturated rings. The van der Waals surface area contributed by atoms with Crippen molar-refractivity contribution < 1.29 is 62.4 Å². The Kier molecular flexibility index (Phi) is 30.6. The van der Waals surface area contributed by atoms with Crippen molar-refractivity contribution in [2.75, 3.05) is 19.8 Å². The highest BCUT2D eigenvalue weighted by Crippen LogP contribution is 2.28. The van der Waals surface area contributed by atoms with E-state index in [1.807, 2.05) is 0 Å². The standard InChI is InChI=1S/C44H77N3O13/c1-6-8-10-12-14-16-17-19-21-23-25-27-38(52)46-35(43(54)55)28-29-56-44-40(42(59-34(5)50)41(58-33(4)49)36(60-44)31-57-32(3)48)47-39(53)30-45-37(51)26-24-22-20-18-15-13-11-9-7-2/h35-36,40-42,44H,6-31H2,1-5H3,(H,45,51)(H,46,52)(H,47,53)(H,54,55)/t35-,36+,40+,41+,42+,44+/m0/s1. The highest BCUT2D eigenvalue weighted by Gasteiger charge is 2.51. The first-order valence-corrected chi connectivity index (χ1v) is 22.6. The third-order valence-electron chi connectivity index (χ3n) is 10.3. The van der Waals surface area contributed by atoms with Gasteiger partial charge in [-0.05, 0) is 12.8 Å². The second-order valence-electron chi connectivity index (χ2n) is 15.8. The summed E-state index contributed by atoms with van der Waals surface area (Å²) in [6.07, 6.45) is 16.8. The molecule has 16 heteroatoms. The van der Waals surface area contributed by atoms with E-state index in [2.05, 4.69) is 29.8 Å². The Bertz CT molecular complexity index is 1270. The summed E-state index contributed by atoms with van der Waals surface area (Å²) in [5.74, 6) is -4.96. The molecule has 0 saturated carbocycles. The van der Waals surface area contributed by atoms with E-state index in [1.165, 1.54) is 77.0 Å². The van der Waals surface area contributed by atoms with Crippen LogP contribution < -0.4 is 16.0 Å². The maximum absolute atomic E-state index is 13.3. The molecular formula is C44H77N3O13. The zero-order chi connectivity index (χ0) is 44.5. The number of ether oxygens (including phenoxy) is 5. The summed E-state index contributed by atoms with van der Waals surface area (Å²) in [6, 6.07) is -2.65. The molecule has 1 rings (SSSR count). The number of aliphatic carboxylic acids is 1. The van der Waals surface area contributed by atoms with Gasteiger partial charge in [0.25, 0.3) is 0 Å². The molecule has 1 heterocycles. The number of hydrogen-bond donors (Lipinski definition) is 4. The number of hydrogen-bond acceptors (Lipinski definition) is 12. The first-order valence-electron chi connectivity index (χ1n) is 22.6.